The molecule has 6 heteroatoms. The third-order valence-electron chi connectivity index (χ3n) is 3.63. The van der Waals surface area contributed by atoms with E-state index in [9.17, 15) is 14.7 Å². The lowest BCUT2D eigenvalue weighted by atomic mass is 9.89. The van der Waals surface area contributed by atoms with Gasteiger partial charge in [-0.25, -0.2) is 4.79 Å². The molecule has 1 saturated carbocycles. The van der Waals surface area contributed by atoms with Crippen molar-refractivity contribution >= 4 is 35.1 Å². The molecular formula is C14H15Cl2NO3. The van der Waals surface area contributed by atoms with Crippen LogP contribution in [0.5, 0.6) is 0 Å². The predicted octanol–water partition coefficient (Wildman–Crippen LogP) is 3.30. The standard InChI is InChI=1S/C14H15Cl2NO3/c1-8(18)17(10-4-5-10)14(2,13(19)20)9-3-6-11(15)12(16)7-9/h3,6-7,10H,4-5H2,1-2H3,(H,19,20). The van der Waals surface area contributed by atoms with Gasteiger partial charge in [-0.2, -0.15) is 0 Å². The lowest BCUT2D eigenvalue weighted by molar-refractivity contribution is -0.159. The van der Waals surface area contributed by atoms with E-state index in [2.05, 4.69) is 0 Å². The van der Waals surface area contributed by atoms with Crippen molar-refractivity contribution in [3.05, 3.63) is 33.8 Å². The normalized spacial score (nSPS) is 17.4. The van der Waals surface area contributed by atoms with Crippen molar-refractivity contribution in [3.8, 4) is 0 Å². The van der Waals surface area contributed by atoms with Crippen molar-refractivity contribution in [2.24, 2.45) is 0 Å². The second-order valence-electron chi connectivity index (χ2n) is 5.13. The Morgan fingerprint density at radius 2 is 1.90 bits per heavy atom. The quantitative estimate of drug-likeness (QED) is 0.927. The van der Waals surface area contributed by atoms with E-state index in [1.54, 1.807) is 12.1 Å². The molecule has 108 valence electrons. The Bertz CT molecular complexity index is 572. The number of nitrogens with zero attached hydrogens (tertiary/aromatic N) is 1. The van der Waals surface area contributed by atoms with Gasteiger partial charge in [-0.3, -0.25) is 4.79 Å². The van der Waals surface area contributed by atoms with Gasteiger partial charge in [-0.15, -0.1) is 0 Å². The number of aliphatic carboxylic acids is 1. The summed E-state index contributed by atoms with van der Waals surface area (Å²) < 4.78 is 0. The summed E-state index contributed by atoms with van der Waals surface area (Å²) in [6.07, 6.45) is 1.65. The number of carbonyl (C=O) groups excluding carboxylic acids is 1. The van der Waals surface area contributed by atoms with E-state index >= 15 is 0 Å². The Kier molecular flexibility index (Phi) is 3.98. The molecule has 1 atom stereocenters. The lowest BCUT2D eigenvalue weighted by Gasteiger charge is -2.38. The monoisotopic (exact) mass is 315 g/mol. The third-order valence-corrected chi connectivity index (χ3v) is 4.37. The van der Waals surface area contributed by atoms with Gasteiger partial charge < -0.3 is 10.0 Å². The first-order valence-corrected chi connectivity index (χ1v) is 7.03. The molecule has 1 aromatic rings. The van der Waals surface area contributed by atoms with E-state index in [4.69, 9.17) is 23.2 Å². The van der Waals surface area contributed by atoms with Gasteiger partial charge in [-0.1, -0.05) is 29.3 Å². The number of benzene rings is 1. The van der Waals surface area contributed by atoms with E-state index in [-0.39, 0.29) is 17.0 Å². The molecule has 1 N–H and O–H groups in total. The number of rotatable bonds is 4. The Morgan fingerprint density at radius 3 is 2.30 bits per heavy atom. The summed E-state index contributed by atoms with van der Waals surface area (Å²) in [4.78, 5) is 25.2. The fourth-order valence-corrected chi connectivity index (χ4v) is 2.73. The molecule has 0 radical (unpaired) electrons. The van der Waals surface area contributed by atoms with Gasteiger partial charge in [0.05, 0.1) is 10.0 Å². The fraction of sp³-hybridized carbons (Fsp3) is 0.429. The van der Waals surface area contributed by atoms with Crippen molar-refractivity contribution in [2.45, 2.75) is 38.3 Å². The number of halogens is 2. The Morgan fingerprint density at radius 1 is 1.30 bits per heavy atom. The van der Waals surface area contributed by atoms with E-state index in [1.165, 1.54) is 24.8 Å². The molecule has 1 aliphatic rings. The molecule has 1 amide bonds. The van der Waals surface area contributed by atoms with Crippen molar-refractivity contribution in [1.29, 1.82) is 0 Å². The molecule has 1 fully saturated rings. The van der Waals surface area contributed by atoms with E-state index in [1.807, 2.05) is 0 Å². The van der Waals surface area contributed by atoms with Crippen LogP contribution >= 0.6 is 23.2 Å². The maximum absolute atomic E-state index is 11.9. The van der Waals surface area contributed by atoms with E-state index < -0.39 is 11.5 Å². The van der Waals surface area contributed by atoms with E-state index in [0.29, 0.717) is 10.6 Å². The third kappa shape index (κ3) is 2.50. The first-order chi connectivity index (χ1) is 9.28. The lowest BCUT2D eigenvalue weighted by Crippen LogP contribution is -2.53. The summed E-state index contributed by atoms with van der Waals surface area (Å²) in [6, 6.07) is 4.63. The highest BCUT2D eigenvalue weighted by Crippen LogP contribution is 2.40. The van der Waals surface area contributed by atoms with Crippen LogP contribution < -0.4 is 0 Å². The molecule has 1 aliphatic carbocycles. The number of amides is 1. The largest absolute Gasteiger partial charge is 0.479 e. The summed E-state index contributed by atoms with van der Waals surface area (Å²) in [5.41, 5.74) is -0.997. The first-order valence-electron chi connectivity index (χ1n) is 6.27. The average molecular weight is 316 g/mol. The smallest absolute Gasteiger partial charge is 0.334 e. The molecule has 0 bridgehead atoms. The van der Waals surface area contributed by atoms with Gasteiger partial charge in [0.2, 0.25) is 5.91 Å². The zero-order valence-electron chi connectivity index (χ0n) is 11.2. The molecule has 0 heterocycles. The summed E-state index contributed by atoms with van der Waals surface area (Å²) in [6.45, 7) is 2.91. The number of carboxylic acid groups (broad SMARTS) is 1. The molecular weight excluding hydrogens is 301 g/mol. The first kappa shape index (κ1) is 15.1. The van der Waals surface area contributed by atoms with Gasteiger partial charge in [-0.05, 0) is 37.5 Å². The molecule has 4 nitrogen and oxygen atoms in total. The highest BCUT2D eigenvalue weighted by molar-refractivity contribution is 6.42. The predicted molar refractivity (Wildman–Crippen MR) is 77.0 cm³/mol. The van der Waals surface area contributed by atoms with Gasteiger partial charge in [0.1, 0.15) is 0 Å². The summed E-state index contributed by atoms with van der Waals surface area (Å²) >= 11 is 11.8. The van der Waals surface area contributed by atoms with Crippen molar-refractivity contribution in [2.75, 3.05) is 0 Å². The van der Waals surface area contributed by atoms with Crippen LogP contribution in [0, 0.1) is 0 Å². The zero-order chi connectivity index (χ0) is 15.1. The van der Waals surface area contributed by atoms with Crippen LogP contribution in [-0.4, -0.2) is 27.9 Å². The minimum Gasteiger partial charge on any atom is -0.479 e. The van der Waals surface area contributed by atoms with Crippen LogP contribution in [0.25, 0.3) is 0 Å². The molecule has 0 aliphatic heterocycles. The number of carbonyl (C=O) groups is 2. The number of carboxylic acids is 1. The molecule has 0 aromatic heterocycles. The summed E-state index contributed by atoms with van der Waals surface area (Å²) in [5.74, 6) is -1.35. The number of hydrogen-bond acceptors (Lipinski definition) is 2. The Balaban J connectivity index is 2.55. The van der Waals surface area contributed by atoms with Crippen molar-refractivity contribution < 1.29 is 14.7 Å². The van der Waals surface area contributed by atoms with E-state index in [0.717, 1.165) is 12.8 Å². The fourth-order valence-electron chi connectivity index (χ4n) is 2.43. The second kappa shape index (κ2) is 5.26. The minimum absolute atomic E-state index is 0.0250. The van der Waals surface area contributed by atoms with Crippen LogP contribution in [0.4, 0.5) is 0 Å². The topological polar surface area (TPSA) is 57.6 Å². The molecule has 1 aromatic carbocycles. The van der Waals surface area contributed by atoms with Crippen molar-refractivity contribution in [1.82, 2.24) is 4.90 Å². The molecule has 2 rings (SSSR count). The van der Waals surface area contributed by atoms with Crippen LogP contribution in [0.1, 0.15) is 32.3 Å². The highest BCUT2D eigenvalue weighted by atomic mass is 35.5. The second-order valence-corrected chi connectivity index (χ2v) is 5.94. The number of hydrogen-bond donors (Lipinski definition) is 1. The molecule has 1 unspecified atom stereocenters. The van der Waals surface area contributed by atoms with Crippen LogP contribution in [0.15, 0.2) is 18.2 Å². The molecule has 0 spiro atoms. The van der Waals surface area contributed by atoms with Gasteiger partial charge in [0, 0.05) is 13.0 Å². The van der Waals surface area contributed by atoms with Gasteiger partial charge in [0.15, 0.2) is 5.54 Å². The summed E-state index contributed by atoms with van der Waals surface area (Å²) in [5, 5.41) is 10.3. The maximum atomic E-state index is 11.9. The zero-order valence-corrected chi connectivity index (χ0v) is 12.7. The molecule has 20 heavy (non-hydrogen) atoms. The molecule has 0 saturated heterocycles. The summed E-state index contributed by atoms with van der Waals surface area (Å²) in [7, 11) is 0. The Labute approximate surface area is 127 Å². The SMILES string of the molecule is CC(=O)N(C1CC1)C(C)(C(=O)O)c1ccc(Cl)c(Cl)c1. The van der Waals surface area contributed by atoms with Gasteiger partial charge >= 0.3 is 5.97 Å². The Hall–Kier alpha value is -1.26. The maximum Gasteiger partial charge on any atom is 0.334 e. The van der Waals surface area contributed by atoms with Gasteiger partial charge in [0.25, 0.3) is 0 Å². The van der Waals surface area contributed by atoms with Crippen LogP contribution in [-0.2, 0) is 15.1 Å². The van der Waals surface area contributed by atoms with Crippen LogP contribution in [0.3, 0.4) is 0 Å². The highest BCUT2D eigenvalue weighted by Gasteiger charge is 2.49. The minimum atomic E-state index is -1.44. The average Bonchev–Trinajstić information content (AvgIpc) is 3.16. The van der Waals surface area contributed by atoms with Crippen molar-refractivity contribution in [3.63, 3.8) is 0 Å². The van der Waals surface area contributed by atoms with Crippen LogP contribution in [0.2, 0.25) is 10.0 Å².